The Morgan fingerprint density at radius 2 is 2.33 bits per heavy atom. The van der Waals surface area contributed by atoms with Crippen LogP contribution >= 0.6 is 0 Å². The lowest BCUT2D eigenvalue weighted by Gasteiger charge is -2.03. The maximum Gasteiger partial charge on any atom is 0.137 e. The monoisotopic (exact) mass is 166 g/mol. The third kappa shape index (κ3) is 2.51. The van der Waals surface area contributed by atoms with Crippen molar-refractivity contribution in [1.29, 1.82) is 0 Å². The predicted molar refractivity (Wildman–Crippen MR) is 48.2 cm³/mol. The molecule has 0 bridgehead atoms. The van der Waals surface area contributed by atoms with E-state index in [-0.39, 0.29) is 0 Å². The van der Waals surface area contributed by atoms with Gasteiger partial charge in [0.05, 0.1) is 12.8 Å². The molecule has 0 unspecified atom stereocenters. The van der Waals surface area contributed by atoms with Crippen molar-refractivity contribution in [1.82, 2.24) is 4.98 Å². The van der Waals surface area contributed by atoms with Crippen LogP contribution in [0.3, 0.4) is 0 Å². The summed E-state index contributed by atoms with van der Waals surface area (Å²) in [7, 11) is 0. The Morgan fingerprint density at radius 1 is 1.50 bits per heavy atom. The SMILES string of the molecule is CCOc1cncc(CCN)c1. The van der Waals surface area contributed by atoms with Crippen molar-refractivity contribution < 1.29 is 4.74 Å². The van der Waals surface area contributed by atoms with Crippen molar-refractivity contribution in [2.24, 2.45) is 5.73 Å². The van der Waals surface area contributed by atoms with Crippen LogP contribution in [-0.2, 0) is 6.42 Å². The highest BCUT2D eigenvalue weighted by Crippen LogP contribution is 2.10. The zero-order valence-electron chi connectivity index (χ0n) is 7.29. The summed E-state index contributed by atoms with van der Waals surface area (Å²) in [5.74, 6) is 0.823. The minimum Gasteiger partial charge on any atom is -0.492 e. The Morgan fingerprint density at radius 3 is 3.00 bits per heavy atom. The highest BCUT2D eigenvalue weighted by atomic mass is 16.5. The van der Waals surface area contributed by atoms with Crippen LogP contribution in [0.1, 0.15) is 12.5 Å². The van der Waals surface area contributed by atoms with Gasteiger partial charge in [0.15, 0.2) is 0 Å². The van der Waals surface area contributed by atoms with Crippen LogP contribution < -0.4 is 10.5 Å². The van der Waals surface area contributed by atoms with Gasteiger partial charge in [-0.25, -0.2) is 0 Å². The van der Waals surface area contributed by atoms with Crippen molar-refractivity contribution in [3.05, 3.63) is 24.0 Å². The molecule has 0 fully saturated rings. The molecule has 1 aromatic heterocycles. The molecule has 0 aromatic carbocycles. The Hall–Kier alpha value is -1.09. The van der Waals surface area contributed by atoms with E-state index in [1.54, 1.807) is 6.20 Å². The topological polar surface area (TPSA) is 48.1 Å². The van der Waals surface area contributed by atoms with Gasteiger partial charge in [-0.05, 0) is 31.5 Å². The van der Waals surface area contributed by atoms with Gasteiger partial charge in [-0.1, -0.05) is 0 Å². The second kappa shape index (κ2) is 4.72. The predicted octanol–water partition coefficient (Wildman–Crippen LogP) is 0.982. The molecule has 0 aliphatic carbocycles. The number of nitrogens with zero attached hydrogens (tertiary/aromatic N) is 1. The molecule has 1 rings (SSSR count). The zero-order chi connectivity index (χ0) is 8.81. The van der Waals surface area contributed by atoms with E-state index in [0.29, 0.717) is 13.2 Å². The Kier molecular flexibility index (Phi) is 3.54. The van der Waals surface area contributed by atoms with Crippen LogP contribution in [0.4, 0.5) is 0 Å². The lowest BCUT2D eigenvalue weighted by molar-refractivity contribution is 0.338. The largest absolute Gasteiger partial charge is 0.492 e. The highest BCUT2D eigenvalue weighted by Gasteiger charge is 1.95. The number of pyridine rings is 1. The molecule has 0 saturated heterocycles. The number of hydrogen-bond donors (Lipinski definition) is 1. The van der Waals surface area contributed by atoms with E-state index in [9.17, 15) is 0 Å². The van der Waals surface area contributed by atoms with Crippen LogP contribution in [0.5, 0.6) is 5.75 Å². The van der Waals surface area contributed by atoms with Gasteiger partial charge in [0.25, 0.3) is 0 Å². The fraction of sp³-hybridized carbons (Fsp3) is 0.444. The van der Waals surface area contributed by atoms with Gasteiger partial charge in [-0.3, -0.25) is 4.98 Å². The summed E-state index contributed by atoms with van der Waals surface area (Å²) in [5.41, 5.74) is 6.54. The number of hydrogen-bond acceptors (Lipinski definition) is 3. The standard InChI is InChI=1S/C9H14N2O/c1-2-12-9-5-8(3-4-10)6-11-7-9/h5-7H,2-4,10H2,1H3. The third-order valence-electron chi connectivity index (χ3n) is 1.51. The van der Waals surface area contributed by atoms with E-state index in [4.69, 9.17) is 10.5 Å². The van der Waals surface area contributed by atoms with Crippen LogP contribution in [0.15, 0.2) is 18.5 Å². The zero-order valence-corrected chi connectivity index (χ0v) is 7.29. The van der Waals surface area contributed by atoms with E-state index in [1.807, 2.05) is 19.2 Å². The molecule has 12 heavy (non-hydrogen) atoms. The van der Waals surface area contributed by atoms with Gasteiger partial charge in [-0.2, -0.15) is 0 Å². The number of aromatic nitrogens is 1. The first-order valence-electron chi connectivity index (χ1n) is 4.13. The summed E-state index contributed by atoms with van der Waals surface area (Å²) in [4.78, 5) is 4.04. The molecule has 0 radical (unpaired) electrons. The summed E-state index contributed by atoms with van der Waals surface area (Å²) >= 11 is 0. The van der Waals surface area contributed by atoms with Crippen molar-refractivity contribution in [3.8, 4) is 5.75 Å². The van der Waals surface area contributed by atoms with E-state index in [2.05, 4.69) is 4.98 Å². The second-order valence-electron chi connectivity index (χ2n) is 2.50. The molecule has 66 valence electrons. The maximum atomic E-state index is 5.42. The Bertz CT molecular complexity index is 216. The van der Waals surface area contributed by atoms with Crippen LogP contribution in [0.2, 0.25) is 0 Å². The molecule has 0 aliphatic rings. The molecule has 3 heteroatoms. The van der Waals surface area contributed by atoms with Gasteiger partial charge >= 0.3 is 0 Å². The average molecular weight is 166 g/mol. The van der Waals surface area contributed by atoms with Gasteiger partial charge < -0.3 is 10.5 Å². The molecule has 3 nitrogen and oxygen atoms in total. The Labute approximate surface area is 72.6 Å². The van der Waals surface area contributed by atoms with Crippen LogP contribution in [-0.4, -0.2) is 18.1 Å². The first-order chi connectivity index (χ1) is 5.86. The molecule has 1 aromatic rings. The van der Waals surface area contributed by atoms with Crippen LogP contribution in [0, 0.1) is 0 Å². The smallest absolute Gasteiger partial charge is 0.137 e. The van der Waals surface area contributed by atoms with Crippen molar-refractivity contribution in [2.75, 3.05) is 13.2 Å². The summed E-state index contributed by atoms with van der Waals surface area (Å²) in [5, 5.41) is 0. The molecule has 0 aliphatic heterocycles. The molecular formula is C9H14N2O. The molecule has 0 saturated carbocycles. The van der Waals surface area contributed by atoms with Gasteiger partial charge in [0, 0.05) is 6.20 Å². The first kappa shape index (κ1) is 9.00. The third-order valence-corrected chi connectivity index (χ3v) is 1.51. The van der Waals surface area contributed by atoms with E-state index in [1.165, 1.54) is 0 Å². The lowest BCUT2D eigenvalue weighted by atomic mass is 10.2. The average Bonchev–Trinajstić information content (AvgIpc) is 2.06. The minimum absolute atomic E-state index is 0.650. The summed E-state index contributed by atoms with van der Waals surface area (Å²) in [6.07, 6.45) is 4.38. The summed E-state index contributed by atoms with van der Waals surface area (Å²) in [6.45, 7) is 3.28. The van der Waals surface area contributed by atoms with Gasteiger partial charge in [-0.15, -0.1) is 0 Å². The van der Waals surface area contributed by atoms with E-state index in [0.717, 1.165) is 17.7 Å². The van der Waals surface area contributed by atoms with Gasteiger partial charge in [0.2, 0.25) is 0 Å². The molecule has 2 N–H and O–H groups in total. The lowest BCUT2D eigenvalue weighted by Crippen LogP contribution is -2.03. The molecule has 0 amide bonds. The molecule has 1 heterocycles. The van der Waals surface area contributed by atoms with Crippen molar-refractivity contribution in [3.63, 3.8) is 0 Å². The highest BCUT2D eigenvalue weighted by molar-refractivity contribution is 5.23. The van der Waals surface area contributed by atoms with Gasteiger partial charge in [0.1, 0.15) is 5.75 Å². The van der Waals surface area contributed by atoms with Crippen LogP contribution in [0.25, 0.3) is 0 Å². The molecule has 0 atom stereocenters. The fourth-order valence-electron chi connectivity index (χ4n) is 1.01. The Balaban J connectivity index is 2.67. The quantitative estimate of drug-likeness (QED) is 0.725. The van der Waals surface area contributed by atoms with Crippen molar-refractivity contribution in [2.45, 2.75) is 13.3 Å². The molecule has 0 spiro atoms. The van der Waals surface area contributed by atoms with E-state index >= 15 is 0 Å². The second-order valence-corrected chi connectivity index (χ2v) is 2.50. The number of rotatable bonds is 4. The normalized spacial score (nSPS) is 9.83. The van der Waals surface area contributed by atoms with E-state index < -0.39 is 0 Å². The maximum absolute atomic E-state index is 5.42. The molecular weight excluding hydrogens is 152 g/mol. The summed E-state index contributed by atoms with van der Waals surface area (Å²) < 4.78 is 5.29. The number of nitrogens with two attached hydrogens (primary N) is 1. The first-order valence-corrected chi connectivity index (χ1v) is 4.13. The fourth-order valence-corrected chi connectivity index (χ4v) is 1.01. The minimum atomic E-state index is 0.650. The number of ether oxygens (including phenoxy) is 1. The van der Waals surface area contributed by atoms with Crippen molar-refractivity contribution >= 4 is 0 Å². The summed E-state index contributed by atoms with van der Waals surface area (Å²) in [6, 6.07) is 1.98.